The number of ketones is 1. The van der Waals surface area contributed by atoms with Crippen molar-refractivity contribution in [2.75, 3.05) is 5.75 Å². The van der Waals surface area contributed by atoms with E-state index in [4.69, 9.17) is 16.0 Å². The summed E-state index contributed by atoms with van der Waals surface area (Å²) in [7, 11) is 0. The van der Waals surface area contributed by atoms with Crippen LogP contribution in [0.2, 0.25) is 5.02 Å². The lowest BCUT2D eigenvalue weighted by molar-refractivity contribution is 0.102. The maximum atomic E-state index is 12.1. The second-order valence-electron chi connectivity index (χ2n) is 4.60. The quantitative estimate of drug-likeness (QED) is 0.432. The molecule has 3 aromatic rings. The van der Waals surface area contributed by atoms with Crippen molar-refractivity contribution in [1.82, 2.24) is 10.2 Å². The van der Waals surface area contributed by atoms with E-state index < -0.39 is 0 Å². The molecule has 0 amide bonds. The highest BCUT2D eigenvalue weighted by Gasteiger charge is 2.12. The van der Waals surface area contributed by atoms with Crippen LogP contribution in [-0.4, -0.2) is 21.7 Å². The van der Waals surface area contributed by atoms with Gasteiger partial charge in [0.05, 0.1) is 5.75 Å². The Bertz CT molecular complexity index is 836. The fourth-order valence-corrected chi connectivity index (χ4v) is 3.04. The second-order valence-corrected chi connectivity index (χ2v) is 6.88. The van der Waals surface area contributed by atoms with E-state index in [2.05, 4.69) is 26.1 Å². The molecule has 0 spiro atoms. The van der Waals surface area contributed by atoms with Gasteiger partial charge in [-0.3, -0.25) is 4.79 Å². The number of hydrogen-bond donors (Lipinski definition) is 0. The molecule has 0 bridgehead atoms. The van der Waals surface area contributed by atoms with Crippen LogP contribution >= 0.6 is 39.3 Å². The molecule has 0 N–H and O–H groups in total. The topological polar surface area (TPSA) is 56.0 Å². The molecule has 2 aromatic carbocycles. The number of aromatic nitrogens is 2. The Labute approximate surface area is 150 Å². The standard InChI is InChI=1S/C16H10BrClN2O2S/c17-12-3-1-2-11(8-12)15-19-20-16(22-15)23-9-14(21)10-4-6-13(18)7-5-10/h1-8H,9H2. The lowest BCUT2D eigenvalue weighted by Gasteiger charge is -1.99. The van der Waals surface area contributed by atoms with Crippen LogP contribution in [0.3, 0.4) is 0 Å². The number of benzene rings is 2. The van der Waals surface area contributed by atoms with Crippen LogP contribution in [0.15, 0.2) is 62.6 Å². The lowest BCUT2D eigenvalue weighted by atomic mass is 10.1. The highest BCUT2D eigenvalue weighted by molar-refractivity contribution is 9.10. The first kappa shape index (κ1) is 16.2. The average Bonchev–Trinajstić information content (AvgIpc) is 3.02. The first-order valence-electron chi connectivity index (χ1n) is 6.63. The molecule has 0 aliphatic rings. The molecule has 0 saturated carbocycles. The van der Waals surface area contributed by atoms with E-state index in [0.29, 0.717) is 21.7 Å². The fraction of sp³-hybridized carbons (Fsp3) is 0.0625. The third-order valence-corrected chi connectivity index (χ3v) is 4.53. The van der Waals surface area contributed by atoms with Crippen molar-refractivity contribution in [2.24, 2.45) is 0 Å². The normalized spacial score (nSPS) is 10.7. The van der Waals surface area contributed by atoms with Gasteiger partial charge in [0, 0.05) is 20.6 Å². The van der Waals surface area contributed by atoms with E-state index >= 15 is 0 Å². The third kappa shape index (κ3) is 4.22. The monoisotopic (exact) mass is 408 g/mol. The Morgan fingerprint density at radius 2 is 1.96 bits per heavy atom. The molecule has 0 saturated heterocycles. The van der Waals surface area contributed by atoms with Crippen molar-refractivity contribution in [3.8, 4) is 11.5 Å². The van der Waals surface area contributed by atoms with Gasteiger partial charge in [0.1, 0.15) is 0 Å². The SMILES string of the molecule is O=C(CSc1nnc(-c2cccc(Br)c2)o1)c1ccc(Cl)cc1. The van der Waals surface area contributed by atoms with Gasteiger partial charge in [0.15, 0.2) is 5.78 Å². The Balaban J connectivity index is 1.65. The first-order chi connectivity index (χ1) is 11.1. The molecular formula is C16H10BrClN2O2S. The van der Waals surface area contributed by atoms with E-state index in [0.717, 1.165) is 10.0 Å². The maximum absolute atomic E-state index is 12.1. The summed E-state index contributed by atoms with van der Waals surface area (Å²) in [6.07, 6.45) is 0. The summed E-state index contributed by atoms with van der Waals surface area (Å²) >= 11 is 10.4. The van der Waals surface area contributed by atoms with Crippen molar-refractivity contribution in [3.63, 3.8) is 0 Å². The van der Waals surface area contributed by atoms with Crippen molar-refractivity contribution < 1.29 is 9.21 Å². The molecule has 0 aliphatic carbocycles. The molecule has 0 atom stereocenters. The molecule has 116 valence electrons. The smallest absolute Gasteiger partial charge is 0.277 e. The zero-order chi connectivity index (χ0) is 16.2. The molecule has 1 heterocycles. The Morgan fingerprint density at radius 3 is 2.70 bits per heavy atom. The van der Waals surface area contributed by atoms with Crippen molar-refractivity contribution in [3.05, 3.63) is 63.6 Å². The summed E-state index contributed by atoms with van der Waals surface area (Å²) < 4.78 is 6.51. The average molecular weight is 410 g/mol. The third-order valence-electron chi connectivity index (χ3n) is 2.97. The van der Waals surface area contributed by atoms with Gasteiger partial charge in [-0.05, 0) is 42.5 Å². The molecule has 7 heteroatoms. The van der Waals surface area contributed by atoms with Gasteiger partial charge in [0.25, 0.3) is 5.22 Å². The zero-order valence-corrected chi connectivity index (χ0v) is 14.9. The van der Waals surface area contributed by atoms with E-state index in [1.165, 1.54) is 11.8 Å². The van der Waals surface area contributed by atoms with Gasteiger partial charge < -0.3 is 4.42 Å². The minimum Gasteiger partial charge on any atom is -0.411 e. The van der Waals surface area contributed by atoms with Gasteiger partial charge in [0.2, 0.25) is 5.89 Å². The van der Waals surface area contributed by atoms with E-state index in [1.54, 1.807) is 24.3 Å². The predicted octanol–water partition coefficient (Wildman–Crippen LogP) is 5.13. The summed E-state index contributed by atoms with van der Waals surface area (Å²) in [6.45, 7) is 0. The molecule has 0 unspecified atom stereocenters. The number of halogens is 2. The Kier molecular flexibility index (Phi) is 5.15. The largest absolute Gasteiger partial charge is 0.411 e. The van der Waals surface area contributed by atoms with Crippen molar-refractivity contribution in [1.29, 1.82) is 0 Å². The van der Waals surface area contributed by atoms with Gasteiger partial charge in [-0.1, -0.05) is 45.4 Å². The summed E-state index contributed by atoms with van der Waals surface area (Å²) in [5.41, 5.74) is 1.43. The molecule has 1 aromatic heterocycles. The number of rotatable bonds is 5. The predicted molar refractivity (Wildman–Crippen MR) is 93.9 cm³/mol. The van der Waals surface area contributed by atoms with Gasteiger partial charge in [-0.15, -0.1) is 10.2 Å². The molecule has 4 nitrogen and oxygen atoms in total. The zero-order valence-electron chi connectivity index (χ0n) is 11.7. The number of thioether (sulfide) groups is 1. The van der Waals surface area contributed by atoms with Crippen LogP contribution in [0.25, 0.3) is 11.5 Å². The highest BCUT2D eigenvalue weighted by Crippen LogP contribution is 2.25. The van der Waals surface area contributed by atoms with E-state index in [1.807, 2.05) is 24.3 Å². The second kappa shape index (κ2) is 7.29. The summed E-state index contributed by atoms with van der Waals surface area (Å²) in [5.74, 6) is 0.628. The van der Waals surface area contributed by atoms with E-state index in [9.17, 15) is 4.79 Å². The van der Waals surface area contributed by atoms with Crippen molar-refractivity contribution >= 4 is 45.1 Å². The molecular weight excluding hydrogens is 400 g/mol. The number of hydrogen-bond acceptors (Lipinski definition) is 5. The van der Waals surface area contributed by atoms with Crippen LogP contribution in [0.5, 0.6) is 0 Å². The molecule has 23 heavy (non-hydrogen) atoms. The molecule has 0 aliphatic heterocycles. The minimum absolute atomic E-state index is 0.0196. The van der Waals surface area contributed by atoms with Crippen LogP contribution in [-0.2, 0) is 0 Å². The number of Topliss-reactive ketones (excluding diaryl/α,β-unsaturated/α-hetero) is 1. The summed E-state index contributed by atoms with van der Waals surface area (Å²) in [5, 5.41) is 8.93. The first-order valence-corrected chi connectivity index (χ1v) is 8.78. The Hall–Kier alpha value is -1.63. The van der Waals surface area contributed by atoms with Crippen LogP contribution in [0, 0.1) is 0 Å². The van der Waals surface area contributed by atoms with E-state index in [-0.39, 0.29) is 11.5 Å². The molecule has 3 rings (SSSR count). The lowest BCUT2D eigenvalue weighted by Crippen LogP contribution is -2.01. The molecule has 0 fully saturated rings. The number of nitrogens with zero attached hydrogens (tertiary/aromatic N) is 2. The number of carbonyl (C=O) groups is 1. The Morgan fingerprint density at radius 1 is 1.17 bits per heavy atom. The van der Waals surface area contributed by atoms with Crippen LogP contribution < -0.4 is 0 Å². The van der Waals surface area contributed by atoms with Crippen molar-refractivity contribution in [2.45, 2.75) is 5.22 Å². The van der Waals surface area contributed by atoms with Crippen LogP contribution in [0.4, 0.5) is 0 Å². The van der Waals surface area contributed by atoms with Gasteiger partial charge in [-0.25, -0.2) is 0 Å². The fourth-order valence-electron chi connectivity index (χ4n) is 1.85. The highest BCUT2D eigenvalue weighted by atomic mass is 79.9. The molecule has 0 radical (unpaired) electrons. The van der Waals surface area contributed by atoms with Crippen LogP contribution in [0.1, 0.15) is 10.4 Å². The van der Waals surface area contributed by atoms with Gasteiger partial charge >= 0.3 is 0 Å². The summed E-state index contributed by atoms with van der Waals surface area (Å²) in [4.78, 5) is 12.1. The maximum Gasteiger partial charge on any atom is 0.277 e. The van der Waals surface area contributed by atoms with Gasteiger partial charge in [-0.2, -0.15) is 0 Å². The minimum atomic E-state index is -0.0196. The summed E-state index contributed by atoms with van der Waals surface area (Å²) in [6, 6.07) is 14.4. The number of carbonyl (C=O) groups excluding carboxylic acids is 1.